The molecule has 0 N–H and O–H groups in total. The number of fused-ring (bicyclic) bond motifs is 3. The number of hydrogen-bond donors (Lipinski definition) is 0. The average Bonchev–Trinajstić information content (AvgIpc) is 2.99. The van der Waals surface area contributed by atoms with Gasteiger partial charge in [-0.25, -0.2) is 0 Å². The number of benzene rings is 2. The molecule has 0 unspecified atom stereocenters. The quantitative estimate of drug-likeness (QED) is 0.506. The molecule has 0 fully saturated rings. The van der Waals surface area contributed by atoms with Crippen LogP contribution in [0.25, 0.3) is 11.0 Å². The van der Waals surface area contributed by atoms with Gasteiger partial charge in [0.25, 0.3) is 0 Å². The second-order valence-corrected chi connectivity index (χ2v) is 8.04. The summed E-state index contributed by atoms with van der Waals surface area (Å²) in [6.45, 7) is 1.39. The number of aryl methyl sites for hydroxylation is 2. The summed E-state index contributed by atoms with van der Waals surface area (Å²) in [5, 5.41) is 0.907. The molecule has 6 heteroatoms. The van der Waals surface area contributed by atoms with Crippen LogP contribution >= 0.6 is 0 Å². The van der Waals surface area contributed by atoms with Crippen LogP contribution in [0.5, 0.6) is 5.75 Å². The summed E-state index contributed by atoms with van der Waals surface area (Å²) in [6.07, 6.45) is 4.05. The smallest absolute Gasteiger partial charge is 0.339 e. The highest BCUT2D eigenvalue weighted by atomic mass is 32.2. The van der Waals surface area contributed by atoms with E-state index in [0.29, 0.717) is 5.56 Å². The van der Waals surface area contributed by atoms with Crippen molar-refractivity contribution >= 4 is 26.9 Å². The summed E-state index contributed by atoms with van der Waals surface area (Å²) in [4.78, 5) is 11.4. The second-order valence-electron chi connectivity index (χ2n) is 6.49. The fourth-order valence-electron chi connectivity index (χ4n) is 3.34. The molecule has 0 amide bonds. The van der Waals surface area contributed by atoms with Crippen LogP contribution in [-0.4, -0.2) is 14.2 Å². The van der Waals surface area contributed by atoms with E-state index in [4.69, 9.17) is 8.60 Å². The fourth-order valence-corrected chi connectivity index (χ4v) is 4.31. The third kappa shape index (κ3) is 3.01. The SMILES string of the molecule is CC(=O)c1cccc(S(=O)(=O)Oc2ccc3oc4c(c3c2)CCCC4)c1. The Kier molecular flexibility index (Phi) is 4.07. The molecule has 0 aliphatic heterocycles. The minimum absolute atomic E-state index is 0.0421. The van der Waals surface area contributed by atoms with Gasteiger partial charge in [-0.1, -0.05) is 12.1 Å². The zero-order chi connectivity index (χ0) is 18.3. The molecule has 2 aromatic carbocycles. The molecule has 0 spiro atoms. The second kappa shape index (κ2) is 6.29. The Morgan fingerprint density at radius 3 is 2.69 bits per heavy atom. The van der Waals surface area contributed by atoms with Gasteiger partial charge in [-0.05, 0) is 56.5 Å². The lowest BCUT2D eigenvalue weighted by Crippen LogP contribution is -2.10. The fraction of sp³-hybridized carbons (Fsp3) is 0.250. The highest BCUT2D eigenvalue weighted by Crippen LogP contribution is 2.34. The van der Waals surface area contributed by atoms with Crippen LogP contribution < -0.4 is 4.18 Å². The van der Waals surface area contributed by atoms with Crippen molar-refractivity contribution < 1.29 is 21.8 Å². The molecule has 0 radical (unpaired) electrons. The van der Waals surface area contributed by atoms with Crippen molar-refractivity contribution in [3.05, 3.63) is 59.4 Å². The summed E-state index contributed by atoms with van der Waals surface area (Å²) in [5.74, 6) is 1.02. The van der Waals surface area contributed by atoms with Crippen LogP contribution in [0.1, 0.15) is 41.4 Å². The minimum atomic E-state index is -4.03. The van der Waals surface area contributed by atoms with E-state index in [1.165, 1.54) is 25.1 Å². The van der Waals surface area contributed by atoms with E-state index in [1.807, 2.05) is 0 Å². The van der Waals surface area contributed by atoms with Gasteiger partial charge in [0.05, 0.1) is 0 Å². The van der Waals surface area contributed by atoms with Crippen molar-refractivity contribution in [2.45, 2.75) is 37.5 Å². The Balaban J connectivity index is 1.70. The molecule has 0 bridgehead atoms. The summed E-state index contributed by atoms with van der Waals surface area (Å²) >= 11 is 0. The Hall–Kier alpha value is -2.60. The van der Waals surface area contributed by atoms with Gasteiger partial charge in [-0.2, -0.15) is 8.42 Å². The standard InChI is InChI=1S/C20H18O5S/c1-13(21)14-5-4-6-16(11-14)26(22,23)25-15-9-10-20-18(12-15)17-7-2-3-8-19(17)24-20/h4-6,9-12H,2-3,7-8H2,1H3. The van der Waals surface area contributed by atoms with Crippen molar-refractivity contribution in [1.82, 2.24) is 0 Å². The maximum absolute atomic E-state index is 12.6. The molecule has 1 heterocycles. The maximum Gasteiger partial charge on any atom is 0.339 e. The van der Waals surface area contributed by atoms with Gasteiger partial charge < -0.3 is 8.60 Å². The molecule has 134 valence electrons. The van der Waals surface area contributed by atoms with Crippen molar-refractivity contribution in [3.8, 4) is 5.75 Å². The molecule has 0 saturated carbocycles. The molecule has 1 aliphatic carbocycles. The lowest BCUT2D eigenvalue weighted by Gasteiger charge is -2.09. The number of furan rings is 1. The Morgan fingerprint density at radius 1 is 1.08 bits per heavy atom. The lowest BCUT2D eigenvalue weighted by atomic mass is 9.96. The Bertz CT molecular complexity index is 1110. The van der Waals surface area contributed by atoms with Crippen LogP contribution in [0.2, 0.25) is 0 Å². The summed E-state index contributed by atoms with van der Waals surface area (Å²) < 4.78 is 36.3. The van der Waals surface area contributed by atoms with Gasteiger partial charge in [0, 0.05) is 22.9 Å². The van der Waals surface area contributed by atoms with E-state index in [9.17, 15) is 13.2 Å². The van der Waals surface area contributed by atoms with E-state index in [-0.39, 0.29) is 16.4 Å². The van der Waals surface area contributed by atoms with Gasteiger partial charge in [0.15, 0.2) is 5.78 Å². The molecule has 26 heavy (non-hydrogen) atoms. The van der Waals surface area contributed by atoms with Crippen molar-refractivity contribution in [3.63, 3.8) is 0 Å². The van der Waals surface area contributed by atoms with Gasteiger partial charge in [0.2, 0.25) is 0 Å². The summed E-state index contributed by atoms with van der Waals surface area (Å²) in [5.41, 5.74) is 2.22. The number of rotatable bonds is 4. The first kappa shape index (κ1) is 16.8. The molecule has 0 atom stereocenters. The zero-order valence-corrected chi connectivity index (χ0v) is 15.1. The number of carbonyl (C=O) groups is 1. The van der Waals surface area contributed by atoms with Crippen molar-refractivity contribution in [2.24, 2.45) is 0 Å². The maximum atomic E-state index is 12.6. The van der Waals surface area contributed by atoms with Crippen LogP contribution in [-0.2, 0) is 23.0 Å². The molecular formula is C20H18O5S. The van der Waals surface area contributed by atoms with Crippen LogP contribution in [0.4, 0.5) is 0 Å². The predicted octanol–water partition coefficient (Wildman–Crippen LogP) is 4.28. The van der Waals surface area contributed by atoms with Crippen molar-refractivity contribution in [2.75, 3.05) is 0 Å². The molecule has 0 saturated heterocycles. The molecule has 3 aromatic rings. The topological polar surface area (TPSA) is 73.6 Å². The largest absolute Gasteiger partial charge is 0.461 e. The zero-order valence-electron chi connectivity index (χ0n) is 14.3. The number of carbonyl (C=O) groups excluding carboxylic acids is 1. The number of hydrogen-bond acceptors (Lipinski definition) is 5. The van der Waals surface area contributed by atoms with Crippen molar-refractivity contribution in [1.29, 1.82) is 0 Å². The molecule has 1 aliphatic rings. The summed E-state index contributed by atoms with van der Waals surface area (Å²) in [7, 11) is -4.03. The van der Waals surface area contributed by atoms with E-state index < -0.39 is 10.1 Å². The molecular weight excluding hydrogens is 352 g/mol. The van der Waals surface area contributed by atoms with E-state index in [0.717, 1.165) is 48.0 Å². The van der Waals surface area contributed by atoms with E-state index in [2.05, 4.69) is 0 Å². The average molecular weight is 370 g/mol. The summed E-state index contributed by atoms with van der Waals surface area (Å²) in [6, 6.07) is 10.9. The molecule has 5 nitrogen and oxygen atoms in total. The molecule has 1 aromatic heterocycles. The number of Topliss-reactive ketones (excluding diaryl/α,β-unsaturated/α-hetero) is 1. The minimum Gasteiger partial charge on any atom is -0.461 e. The van der Waals surface area contributed by atoms with E-state index in [1.54, 1.807) is 24.3 Å². The first-order valence-corrected chi connectivity index (χ1v) is 9.95. The van der Waals surface area contributed by atoms with Gasteiger partial charge in [0.1, 0.15) is 22.0 Å². The highest BCUT2D eigenvalue weighted by Gasteiger charge is 2.21. The van der Waals surface area contributed by atoms with E-state index >= 15 is 0 Å². The third-order valence-corrected chi connectivity index (χ3v) is 5.90. The molecule has 4 rings (SSSR count). The van der Waals surface area contributed by atoms with Crippen LogP contribution in [0.3, 0.4) is 0 Å². The van der Waals surface area contributed by atoms with Crippen LogP contribution in [0.15, 0.2) is 51.8 Å². The first-order valence-electron chi connectivity index (χ1n) is 8.54. The van der Waals surface area contributed by atoms with Gasteiger partial charge in [-0.15, -0.1) is 0 Å². The first-order chi connectivity index (χ1) is 12.4. The monoisotopic (exact) mass is 370 g/mol. The highest BCUT2D eigenvalue weighted by molar-refractivity contribution is 7.87. The number of ketones is 1. The Morgan fingerprint density at radius 2 is 1.88 bits per heavy atom. The van der Waals surface area contributed by atoms with Gasteiger partial charge in [-0.3, -0.25) is 4.79 Å². The van der Waals surface area contributed by atoms with Gasteiger partial charge >= 0.3 is 10.1 Å². The van der Waals surface area contributed by atoms with Crippen LogP contribution in [0, 0.1) is 0 Å². The third-order valence-electron chi connectivity index (χ3n) is 4.66. The Labute approximate surface area is 151 Å². The lowest BCUT2D eigenvalue weighted by molar-refractivity contribution is 0.101. The predicted molar refractivity (Wildman–Crippen MR) is 97.1 cm³/mol. The normalized spacial score (nSPS) is 14.2.